The Morgan fingerprint density at radius 1 is 1.50 bits per heavy atom. The van der Waals surface area contributed by atoms with Crippen LogP contribution in [0.1, 0.15) is 25.8 Å². The van der Waals surface area contributed by atoms with E-state index < -0.39 is 5.41 Å². The average molecular weight is 359 g/mol. The first kappa shape index (κ1) is 20.0. The highest BCUT2D eigenvalue weighted by molar-refractivity contribution is 5.87. The molecule has 142 valence electrons. The lowest BCUT2D eigenvalue weighted by atomic mass is 9.84. The van der Waals surface area contributed by atoms with Gasteiger partial charge in [-0.05, 0) is 44.0 Å². The van der Waals surface area contributed by atoms with Crippen molar-refractivity contribution in [1.82, 2.24) is 4.90 Å². The van der Waals surface area contributed by atoms with E-state index in [1.807, 2.05) is 44.0 Å². The van der Waals surface area contributed by atoms with E-state index in [2.05, 4.69) is 11.9 Å². The highest BCUT2D eigenvalue weighted by Gasteiger charge is 2.27. The number of hydrogen-bond acceptors (Lipinski definition) is 5. The third-order valence-corrected chi connectivity index (χ3v) is 4.88. The summed E-state index contributed by atoms with van der Waals surface area (Å²) in [4.78, 5) is 27.0. The Morgan fingerprint density at radius 3 is 2.85 bits per heavy atom. The van der Waals surface area contributed by atoms with Gasteiger partial charge in [-0.15, -0.1) is 0 Å². The van der Waals surface area contributed by atoms with Crippen LogP contribution in [0.4, 0.5) is 11.4 Å². The molecule has 1 heterocycles. The van der Waals surface area contributed by atoms with Crippen LogP contribution in [-0.2, 0) is 15.0 Å². The quantitative estimate of drug-likeness (QED) is 0.547. The van der Waals surface area contributed by atoms with Crippen LogP contribution in [-0.4, -0.2) is 61.5 Å². The number of aliphatic hydroxyl groups excluding tert-OH is 1. The Hall–Kier alpha value is -2.34. The molecule has 26 heavy (non-hydrogen) atoms. The van der Waals surface area contributed by atoms with Crippen molar-refractivity contribution in [2.45, 2.75) is 31.7 Å². The molecular weight excluding hydrogens is 330 g/mol. The Morgan fingerprint density at radius 2 is 2.23 bits per heavy atom. The summed E-state index contributed by atoms with van der Waals surface area (Å²) in [5, 5.41) is 12.8. The van der Waals surface area contributed by atoms with Crippen molar-refractivity contribution in [2.75, 3.05) is 43.5 Å². The van der Waals surface area contributed by atoms with E-state index in [4.69, 9.17) is 0 Å². The molecule has 0 bridgehead atoms. The zero-order valence-corrected chi connectivity index (χ0v) is 15.9. The van der Waals surface area contributed by atoms with Gasteiger partial charge >= 0.3 is 0 Å². The number of hydrogen-bond donors (Lipinski definition) is 2. The van der Waals surface area contributed by atoms with E-state index in [1.54, 1.807) is 4.90 Å². The highest BCUT2D eigenvalue weighted by atomic mass is 16.3. The van der Waals surface area contributed by atoms with E-state index in [0.717, 1.165) is 36.2 Å². The van der Waals surface area contributed by atoms with E-state index in [0.29, 0.717) is 13.1 Å². The fraction of sp³-hybridized carbons (Fsp3) is 0.500. The maximum atomic E-state index is 11.7. The molecule has 2 N–H and O–H groups in total. The molecule has 1 aliphatic rings. The van der Waals surface area contributed by atoms with Gasteiger partial charge in [-0.1, -0.05) is 12.6 Å². The van der Waals surface area contributed by atoms with Crippen LogP contribution < -0.4 is 10.2 Å². The van der Waals surface area contributed by atoms with Gasteiger partial charge in [-0.3, -0.25) is 4.79 Å². The molecule has 1 fully saturated rings. The van der Waals surface area contributed by atoms with Crippen molar-refractivity contribution < 1.29 is 14.7 Å². The molecule has 1 aromatic carbocycles. The molecule has 0 saturated carbocycles. The lowest BCUT2D eigenvalue weighted by Crippen LogP contribution is -2.30. The monoisotopic (exact) mass is 359 g/mol. The molecule has 0 aliphatic carbocycles. The minimum atomic E-state index is -0.613. The molecule has 1 unspecified atom stereocenters. The van der Waals surface area contributed by atoms with Gasteiger partial charge in [0.2, 0.25) is 5.91 Å². The molecule has 0 aromatic heterocycles. The number of carbonyl (C=O) groups is 2. The van der Waals surface area contributed by atoms with Crippen LogP contribution in [0.5, 0.6) is 0 Å². The maximum absolute atomic E-state index is 11.7. The van der Waals surface area contributed by atoms with Crippen molar-refractivity contribution >= 4 is 23.6 Å². The molecule has 1 aromatic rings. The largest absolute Gasteiger partial charge is 0.395 e. The fourth-order valence-electron chi connectivity index (χ4n) is 3.26. The number of anilines is 2. The van der Waals surface area contributed by atoms with Crippen LogP contribution in [0.25, 0.3) is 0 Å². The van der Waals surface area contributed by atoms with Gasteiger partial charge in [0.15, 0.2) is 0 Å². The number of carbonyl (C=O) groups excluding carboxylic acids is 2. The summed E-state index contributed by atoms with van der Waals surface area (Å²) in [5.41, 5.74) is 2.16. The minimum absolute atomic E-state index is 0.0381. The Bertz CT molecular complexity index is 672. The number of nitrogens with one attached hydrogen (secondary N) is 1. The normalized spacial score (nSPS) is 17.1. The van der Waals surface area contributed by atoms with Crippen molar-refractivity contribution in [2.24, 2.45) is 0 Å². The van der Waals surface area contributed by atoms with E-state index >= 15 is 0 Å². The Balaban J connectivity index is 2.23. The second-order valence-electron chi connectivity index (χ2n) is 7.33. The van der Waals surface area contributed by atoms with Crippen LogP contribution >= 0.6 is 0 Å². The predicted octanol–water partition coefficient (Wildman–Crippen LogP) is 1.79. The van der Waals surface area contributed by atoms with Crippen molar-refractivity contribution in [3.05, 3.63) is 36.4 Å². The summed E-state index contributed by atoms with van der Waals surface area (Å²) < 4.78 is 0. The van der Waals surface area contributed by atoms with Crippen LogP contribution in [0.2, 0.25) is 0 Å². The number of benzene rings is 1. The summed E-state index contributed by atoms with van der Waals surface area (Å²) in [6.45, 7) is 9.19. The molecule has 6 heteroatoms. The Labute approximate surface area is 155 Å². The second-order valence-corrected chi connectivity index (χ2v) is 7.33. The first-order valence-corrected chi connectivity index (χ1v) is 8.93. The van der Waals surface area contributed by atoms with Crippen LogP contribution in [0.15, 0.2) is 30.9 Å². The number of likely N-dealkylation sites (N-methyl/N-ethyl adjacent to an activating group) is 1. The van der Waals surface area contributed by atoms with Crippen molar-refractivity contribution in [3.63, 3.8) is 0 Å². The van der Waals surface area contributed by atoms with Gasteiger partial charge in [-0.25, -0.2) is 0 Å². The third kappa shape index (κ3) is 4.43. The van der Waals surface area contributed by atoms with Gasteiger partial charge < -0.3 is 25.0 Å². The highest BCUT2D eigenvalue weighted by Crippen LogP contribution is 2.33. The lowest BCUT2D eigenvalue weighted by molar-refractivity contribution is -0.125. The lowest BCUT2D eigenvalue weighted by Gasteiger charge is -2.29. The van der Waals surface area contributed by atoms with Crippen molar-refractivity contribution in [1.29, 1.82) is 0 Å². The maximum Gasteiger partial charge on any atom is 0.246 e. The van der Waals surface area contributed by atoms with E-state index in [-0.39, 0.29) is 18.6 Å². The number of rotatable bonds is 8. The molecule has 1 amide bonds. The average Bonchev–Trinajstić information content (AvgIpc) is 3.09. The van der Waals surface area contributed by atoms with E-state index in [9.17, 15) is 14.7 Å². The minimum Gasteiger partial charge on any atom is -0.395 e. The fourth-order valence-corrected chi connectivity index (χ4v) is 3.26. The first-order chi connectivity index (χ1) is 12.3. The van der Waals surface area contributed by atoms with Crippen molar-refractivity contribution in [3.8, 4) is 0 Å². The first-order valence-electron chi connectivity index (χ1n) is 8.93. The number of amides is 1. The summed E-state index contributed by atoms with van der Waals surface area (Å²) in [5.74, 6) is -0.0410. The number of aldehydes is 1. The summed E-state index contributed by atoms with van der Waals surface area (Å²) in [6.07, 6.45) is 3.17. The van der Waals surface area contributed by atoms with Gasteiger partial charge in [0.25, 0.3) is 0 Å². The van der Waals surface area contributed by atoms with Crippen LogP contribution in [0.3, 0.4) is 0 Å². The molecule has 0 spiro atoms. The van der Waals surface area contributed by atoms with Gasteiger partial charge in [-0.2, -0.15) is 0 Å². The third-order valence-electron chi connectivity index (χ3n) is 4.88. The summed E-state index contributed by atoms with van der Waals surface area (Å²) in [7, 11) is 1.90. The van der Waals surface area contributed by atoms with Crippen LogP contribution in [0, 0.1) is 0 Å². The van der Waals surface area contributed by atoms with Gasteiger partial charge in [0.05, 0.1) is 6.61 Å². The van der Waals surface area contributed by atoms with Gasteiger partial charge in [0, 0.05) is 49.5 Å². The summed E-state index contributed by atoms with van der Waals surface area (Å²) in [6, 6.07) is 6.12. The van der Waals surface area contributed by atoms with Gasteiger partial charge in [0.1, 0.15) is 6.29 Å². The zero-order valence-electron chi connectivity index (χ0n) is 15.9. The number of likely N-dealkylation sites (tertiary alicyclic amines) is 1. The molecule has 1 aliphatic heterocycles. The SMILES string of the molecule is C=CC(=O)N1CCC(Nc2ccc(C(C)(C)C=O)c(N(C)CCO)c2)C1. The molecule has 1 atom stereocenters. The molecule has 2 rings (SSSR count). The number of aliphatic hydroxyl groups is 1. The molecular formula is C20H29N3O3. The molecule has 6 nitrogen and oxygen atoms in total. The topological polar surface area (TPSA) is 72.9 Å². The molecule has 0 radical (unpaired) electrons. The predicted molar refractivity (Wildman–Crippen MR) is 105 cm³/mol. The standard InChI is InChI=1S/C20H29N3O3/c1-5-19(26)23-9-8-16(13-23)21-15-6-7-17(20(2,3)14-25)18(12-15)22(4)10-11-24/h5-7,12,14,16,21,24H,1,8-11,13H2,2-4H3. The van der Waals surface area contributed by atoms with E-state index in [1.165, 1.54) is 6.08 Å². The zero-order chi connectivity index (χ0) is 19.3. The number of nitrogens with zero attached hydrogens (tertiary/aromatic N) is 2. The smallest absolute Gasteiger partial charge is 0.246 e. The Kier molecular flexibility index (Phi) is 6.42. The molecule has 1 saturated heterocycles. The second kappa shape index (κ2) is 8.36. The summed E-state index contributed by atoms with van der Waals surface area (Å²) >= 11 is 0.